The zero-order valence-corrected chi connectivity index (χ0v) is 11.4. The van der Waals surface area contributed by atoms with Gasteiger partial charge in [0.15, 0.2) is 0 Å². The fraction of sp³-hybridized carbons (Fsp3) is 0.786. The van der Waals surface area contributed by atoms with Gasteiger partial charge in [-0.2, -0.15) is 0 Å². The van der Waals surface area contributed by atoms with Crippen molar-refractivity contribution in [1.82, 2.24) is 20.2 Å². The van der Waals surface area contributed by atoms with Crippen molar-refractivity contribution in [2.24, 2.45) is 0 Å². The van der Waals surface area contributed by atoms with Crippen LogP contribution in [-0.2, 0) is 0 Å². The lowest BCUT2D eigenvalue weighted by Gasteiger charge is -2.38. The molecule has 2 bridgehead atoms. The molecule has 100 valence electrons. The van der Waals surface area contributed by atoms with E-state index in [-0.39, 0.29) is 0 Å². The van der Waals surface area contributed by atoms with E-state index in [2.05, 4.69) is 34.2 Å². The highest BCUT2D eigenvalue weighted by Gasteiger charge is 2.38. The third-order valence-electron chi connectivity index (χ3n) is 4.79. The molecule has 1 aromatic rings. The van der Waals surface area contributed by atoms with Crippen LogP contribution in [0.5, 0.6) is 0 Å². The van der Waals surface area contributed by atoms with Gasteiger partial charge in [0.2, 0.25) is 0 Å². The lowest BCUT2D eigenvalue weighted by atomic mass is 9.97. The van der Waals surface area contributed by atoms with Crippen LogP contribution in [0.25, 0.3) is 0 Å². The predicted octanol–water partition coefficient (Wildman–Crippen LogP) is 2.08. The highest BCUT2D eigenvalue weighted by Crippen LogP contribution is 2.35. The Morgan fingerprint density at radius 1 is 1.44 bits per heavy atom. The number of piperidine rings is 1. The molecule has 2 saturated heterocycles. The number of rotatable bonds is 4. The average molecular weight is 248 g/mol. The van der Waals surface area contributed by atoms with Crippen molar-refractivity contribution in [2.45, 2.75) is 63.2 Å². The second-order valence-corrected chi connectivity index (χ2v) is 5.82. The van der Waals surface area contributed by atoms with Crippen molar-refractivity contribution in [3.63, 3.8) is 0 Å². The number of nitrogens with one attached hydrogen (secondary N) is 2. The van der Waals surface area contributed by atoms with Crippen LogP contribution in [0.2, 0.25) is 0 Å². The van der Waals surface area contributed by atoms with Crippen molar-refractivity contribution in [3.8, 4) is 0 Å². The molecule has 0 aromatic carbocycles. The highest BCUT2D eigenvalue weighted by molar-refractivity contribution is 5.00. The zero-order chi connectivity index (χ0) is 12.5. The Morgan fingerprint density at radius 3 is 2.72 bits per heavy atom. The summed E-state index contributed by atoms with van der Waals surface area (Å²) in [7, 11) is 2.29. The van der Waals surface area contributed by atoms with Crippen molar-refractivity contribution in [1.29, 1.82) is 0 Å². The summed E-state index contributed by atoms with van der Waals surface area (Å²) in [5.41, 5.74) is 0. The molecule has 3 unspecified atom stereocenters. The van der Waals surface area contributed by atoms with Gasteiger partial charge in [-0.25, -0.2) is 4.98 Å². The molecule has 0 amide bonds. The lowest BCUT2D eigenvalue weighted by Crippen LogP contribution is -2.48. The Labute approximate surface area is 109 Å². The first-order valence-corrected chi connectivity index (χ1v) is 7.25. The molecule has 0 radical (unpaired) electrons. The van der Waals surface area contributed by atoms with E-state index in [1.807, 2.05) is 12.4 Å². The Morgan fingerprint density at radius 2 is 2.17 bits per heavy atom. The molecule has 2 aliphatic heterocycles. The number of hydrogen-bond donors (Lipinski definition) is 2. The first-order valence-electron chi connectivity index (χ1n) is 7.25. The number of nitrogens with zero attached hydrogens (tertiary/aromatic N) is 2. The first-order chi connectivity index (χ1) is 8.78. The topological polar surface area (TPSA) is 44.0 Å². The minimum absolute atomic E-state index is 0.382. The SMILES string of the molecule is CCC(NC1CC2CCC(C1)N2C)c1ncc[nH]1. The van der Waals surface area contributed by atoms with Gasteiger partial charge in [-0.15, -0.1) is 0 Å². The summed E-state index contributed by atoms with van der Waals surface area (Å²) in [5.74, 6) is 1.09. The van der Waals surface area contributed by atoms with Gasteiger partial charge in [0.05, 0.1) is 6.04 Å². The Balaban J connectivity index is 1.63. The van der Waals surface area contributed by atoms with Crippen LogP contribution in [0.4, 0.5) is 0 Å². The van der Waals surface area contributed by atoms with Crippen LogP contribution in [0.3, 0.4) is 0 Å². The van der Waals surface area contributed by atoms with Crippen molar-refractivity contribution < 1.29 is 0 Å². The molecular formula is C14H24N4. The Hall–Kier alpha value is -0.870. The van der Waals surface area contributed by atoms with Crippen molar-refractivity contribution in [2.75, 3.05) is 7.05 Å². The molecule has 4 nitrogen and oxygen atoms in total. The minimum Gasteiger partial charge on any atom is -0.347 e. The molecule has 0 aliphatic carbocycles. The average Bonchev–Trinajstić information content (AvgIpc) is 2.95. The van der Waals surface area contributed by atoms with Crippen LogP contribution >= 0.6 is 0 Å². The molecular weight excluding hydrogens is 224 g/mol. The van der Waals surface area contributed by atoms with E-state index in [4.69, 9.17) is 0 Å². The fourth-order valence-electron chi connectivity index (χ4n) is 3.69. The molecule has 3 heterocycles. The summed E-state index contributed by atoms with van der Waals surface area (Å²) in [6.07, 6.45) is 10.2. The van der Waals surface area contributed by atoms with Gasteiger partial charge in [-0.05, 0) is 39.2 Å². The molecule has 1 aromatic heterocycles. The van der Waals surface area contributed by atoms with Gasteiger partial charge in [-0.1, -0.05) is 6.92 Å². The lowest BCUT2D eigenvalue weighted by molar-refractivity contribution is 0.142. The van der Waals surface area contributed by atoms with E-state index in [1.54, 1.807) is 0 Å². The molecule has 18 heavy (non-hydrogen) atoms. The molecule has 2 N–H and O–H groups in total. The normalized spacial score (nSPS) is 33.8. The van der Waals surface area contributed by atoms with Gasteiger partial charge >= 0.3 is 0 Å². The summed E-state index contributed by atoms with van der Waals surface area (Å²) < 4.78 is 0. The molecule has 3 atom stereocenters. The van der Waals surface area contributed by atoms with Gasteiger partial charge in [0.1, 0.15) is 5.82 Å². The standard InChI is InChI=1S/C14H24N4/c1-3-13(14-15-6-7-16-14)17-10-8-11-4-5-12(9-10)18(11)2/h6-7,10-13,17H,3-5,8-9H2,1-2H3,(H,15,16). The highest BCUT2D eigenvalue weighted by atomic mass is 15.2. The smallest absolute Gasteiger partial charge is 0.123 e. The van der Waals surface area contributed by atoms with Crippen LogP contribution in [-0.4, -0.2) is 40.0 Å². The predicted molar refractivity (Wildman–Crippen MR) is 72.4 cm³/mol. The first kappa shape index (κ1) is 12.2. The number of aromatic nitrogens is 2. The van der Waals surface area contributed by atoms with Crippen LogP contribution in [0, 0.1) is 0 Å². The second kappa shape index (κ2) is 5.02. The van der Waals surface area contributed by atoms with E-state index < -0.39 is 0 Å². The number of imidazole rings is 1. The maximum Gasteiger partial charge on any atom is 0.123 e. The summed E-state index contributed by atoms with van der Waals surface area (Å²) in [6.45, 7) is 2.23. The van der Waals surface area contributed by atoms with Crippen molar-refractivity contribution in [3.05, 3.63) is 18.2 Å². The molecule has 0 saturated carbocycles. The maximum absolute atomic E-state index is 4.39. The van der Waals surface area contributed by atoms with Gasteiger partial charge in [0.25, 0.3) is 0 Å². The minimum atomic E-state index is 0.382. The molecule has 3 rings (SSSR count). The molecule has 0 spiro atoms. The number of fused-ring (bicyclic) bond motifs is 2. The maximum atomic E-state index is 4.39. The van der Waals surface area contributed by atoms with E-state index >= 15 is 0 Å². The van der Waals surface area contributed by atoms with Gasteiger partial charge in [-0.3, -0.25) is 0 Å². The van der Waals surface area contributed by atoms with E-state index in [9.17, 15) is 0 Å². The third kappa shape index (κ3) is 2.19. The quantitative estimate of drug-likeness (QED) is 0.857. The van der Waals surface area contributed by atoms with Crippen LogP contribution in [0.1, 0.15) is 50.9 Å². The van der Waals surface area contributed by atoms with E-state index in [1.165, 1.54) is 25.7 Å². The third-order valence-corrected chi connectivity index (χ3v) is 4.79. The van der Waals surface area contributed by atoms with Crippen molar-refractivity contribution >= 4 is 0 Å². The Bertz CT molecular complexity index is 361. The monoisotopic (exact) mass is 248 g/mol. The largest absolute Gasteiger partial charge is 0.347 e. The molecule has 2 aliphatic rings. The molecule has 2 fully saturated rings. The van der Waals surface area contributed by atoms with Crippen LogP contribution < -0.4 is 5.32 Å². The van der Waals surface area contributed by atoms with Crippen LogP contribution in [0.15, 0.2) is 12.4 Å². The second-order valence-electron chi connectivity index (χ2n) is 5.82. The number of aromatic amines is 1. The number of hydrogen-bond acceptors (Lipinski definition) is 3. The van der Waals surface area contributed by atoms with Gasteiger partial charge < -0.3 is 15.2 Å². The zero-order valence-electron chi connectivity index (χ0n) is 11.4. The summed E-state index contributed by atoms with van der Waals surface area (Å²) in [5, 5.41) is 3.81. The summed E-state index contributed by atoms with van der Waals surface area (Å²) in [6, 6.07) is 2.65. The summed E-state index contributed by atoms with van der Waals surface area (Å²) in [4.78, 5) is 10.2. The molecule has 4 heteroatoms. The number of H-pyrrole nitrogens is 1. The summed E-state index contributed by atoms with van der Waals surface area (Å²) >= 11 is 0. The fourth-order valence-corrected chi connectivity index (χ4v) is 3.69. The van der Waals surface area contributed by atoms with E-state index in [0.29, 0.717) is 12.1 Å². The van der Waals surface area contributed by atoms with Gasteiger partial charge in [0, 0.05) is 30.5 Å². The Kier molecular flexibility index (Phi) is 3.39. The van der Waals surface area contributed by atoms with E-state index in [0.717, 1.165) is 24.3 Å².